The van der Waals surface area contributed by atoms with Crippen LogP contribution in [0.4, 0.5) is 0 Å². The maximum atomic E-state index is 5.99. The van der Waals surface area contributed by atoms with E-state index in [2.05, 4.69) is 17.9 Å². The Balaban J connectivity index is 2.14. The summed E-state index contributed by atoms with van der Waals surface area (Å²) in [7, 11) is 0. The van der Waals surface area contributed by atoms with Crippen molar-refractivity contribution in [3.8, 4) is 0 Å². The largest absolute Gasteiger partial charge is 0.329 e. The molecule has 0 spiro atoms. The molecule has 1 aromatic heterocycles. The van der Waals surface area contributed by atoms with Crippen LogP contribution in [-0.4, -0.2) is 24.0 Å². The number of hydrogen-bond donors (Lipinski definition) is 1. The predicted octanol–water partition coefficient (Wildman–Crippen LogP) is 3.28. The Labute approximate surface area is 106 Å². The molecule has 1 aliphatic rings. The van der Waals surface area contributed by atoms with Crippen molar-refractivity contribution in [1.29, 1.82) is 0 Å². The summed E-state index contributed by atoms with van der Waals surface area (Å²) in [5, 5.41) is 2.83. The van der Waals surface area contributed by atoms with Crippen LogP contribution >= 0.6 is 22.9 Å². The van der Waals surface area contributed by atoms with E-state index in [4.69, 9.17) is 17.3 Å². The lowest BCUT2D eigenvalue weighted by molar-refractivity contribution is 0.111. The third-order valence-corrected chi connectivity index (χ3v) is 4.78. The maximum Gasteiger partial charge on any atom is 0.0567 e. The third-order valence-electron chi connectivity index (χ3n) is 3.39. The standard InChI is InChI=1S/C12H19ClN2S/c1-9-4-2-3-5-15(9)11(7-14)12-6-10(13)8-16-12/h6,8-9,11H,2-5,7,14H2,1H3. The summed E-state index contributed by atoms with van der Waals surface area (Å²) in [6.45, 7) is 4.15. The number of hydrogen-bond acceptors (Lipinski definition) is 3. The lowest BCUT2D eigenvalue weighted by Crippen LogP contribution is -2.42. The van der Waals surface area contributed by atoms with Gasteiger partial charge in [0.15, 0.2) is 0 Å². The van der Waals surface area contributed by atoms with Gasteiger partial charge < -0.3 is 5.73 Å². The lowest BCUT2D eigenvalue weighted by atomic mass is 10.0. The van der Waals surface area contributed by atoms with Gasteiger partial charge >= 0.3 is 0 Å². The topological polar surface area (TPSA) is 29.3 Å². The summed E-state index contributed by atoms with van der Waals surface area (Å²) in [5.74, 6) is 0. The molecule has 1 aromatic rings. The molecule has 0 aliphatic carbocycles. The minimum Gasteiger partial charge on any atom is -0.329 e. The number of halogens is 1. The van der Waals surface area contributed by atoms with Crippen LogP contribution in [0.3, 0.4) is 0 Å². The smallest absolute Gasteiger partial charge is 0.0567 e. The molecule has 4 heteroatoms. The van der Waals surface area contributed by atoms with E-state index in [0.717, 1.165) is 5.02 Å². The summed E-state index contributed by atoms with van der Waals surface area (Å²) >= 11 is 7.71. The van der Waals surface area contributed by atoms with E-state index < -0.39 is 0 Å². The summed E-state index contributed by atoms with van der Waals surface area (Å²) in [6.07, 6.45) is 3.93. The quantitative estimate of drug-likeness (QED) is 0.902. The molecule has 1 fully saturated rings. The van der Waals surface area contributed by atoms with Crippen LogP contribution < -0.4 is 5.73 Å². The zero-order chi connectivity index (χ0) is 11.5. The fraction of sp³-hybridized carbons (Fsp3) is 0.667. The van der Waals surface area contributed by atoms with Crippen LogP contribution in [0.25, 0.3) is 0 Å². The average molecular weight is 259 g/mol. The molecule has 0 amide bonds. The number of thiophene rings is 1. The molecule has 2 rings (SSSR count). The van der Waals surface area contributed by atoms with Gasteiger partial charge in [0.25, 0.3) is 0 Å². The first kappa shape index (κ1) is 12.4. The Morgan fingerprint density at radius 3 is 3.00 bits per heavy atom. The van der Waals surface area contributed by atoms with E-state index >= 15 is 0 Å². The molecule has 1 aliphatic heterocycles. The van der Waals surface area contributed by atoms with Gasteiger partial charge in [0.2, 0.25) is 0 Å². The Hall–Kier alpha value is -0.0900. The summed E-state index contributed by atoms with van der Waals surface area (Å²) in [4.78, 5) is 3.84. The lowest BCUT2D eigenvalue weighted by Gasteiger charge is -2.38. The number of likely N-dealkylation sites (tertiary alicyclic amines) is 1. The Morgan fingerprint density at radius 2 is 2.44 bits per heavy atom. The number of rotatable bonds is 3. The molecule has 0 saturated carbocycles. The highest BCUT2D eigenvalue weighted by atomic mass is 35.5. The van der Waals surface area contributed by atoms with E-state index in [1.54, 1.807) is 11.3 Å². The Bertz CT molecular complexity index is 340. The molecule has 0 aromatic carbocycles. The molecule has 16 heavy (non-hydrogen) atoms. The number of piperidine rings is 1. The van der Waals surface area contributed by atoms with Crippen LogP contribution in [0.15, 0.2) is 11.4 Å². The molecule has 2 atom stereocenters. The van der Waals surface area contributed by atoms with Crippen molar-refractivity contribution in [2.24, 2.45) is 5.73 Å². The fourth-order valence-electron chi connectivity index (χ4n) is 2.50. The van der Waals surface area contributed by atoms with Crippen molar-refractivity contribution in [2.75, 3.05) is 13.1 Å². The monoisotopic (exact) mass is 258 g/mol. The second-order valence-corrected chi connectivity index (χ2v) is 5.88. The first-order chi connectivity index (χ1) is 7.72. The van der Waals surface area contributed by atoms with Crippen molar-refractivity contribution in [3.63, 3.8) is 0 Å². The van der Waals surface area contributed by atoms with Gasteiger partial charge in [0.1, 0.15) is 0 Å². The van der Waals surface area contributed by atoms with Crippen molar-refractivity contribution < 1.29 is 0 Å². The van der Waals surface area contributed by atoms with E-state index in [-0.39, 0.29) is 0 Å². The van der Waals surface area contributed by atoms with E-state index in [0.29, 0.717) is 18.6 Å². The van der Waals surface area contributed by atoms with Crippen LogP contribution in [0.5, 0.6) is 0 Å². The maximum absolute atomic E-state index is 5.99. The Morgan fingerprint density at radius 1 is 1.62 bits per heavy atom. The zero-order valence-electron chi connectivity index (χ0n) is 9.66. The third kappa shape index (κ3) is 2.59. The molecule has 0 radical (unpaired) electrons. The van der Waals surface area contributed by atoms with Gasteiger partial charge in [-0.3, -0.25) is 4.90 Å². The van der Waals surface area contributed by atoms with Crippen molar-refractivity contribution in [3.05, 3.63) is 21.3 Å². The minimum atomic E-state index is 0.354. The average Bonchev–Trinajstić information content (AvgIpc) is 2.69. The van der Waals surface area contributed by atoms with E-state index in [1.165, 1.54) is 30.7 Å². The van der Waals surface area contributed by atoms with Gasteiger partial charge in [-0.1, -0.05) is 18.0 Å². The molecule has 90 valence electrons. The van der Waals surface area contributed by atoms with Crippen LogP contribution in [0.2, 0.25) is 5.02 Å². The summed E-state index contributed by atoms with van der Waals surface area (Å²) in [5.41, 5.74) is 5.93. The van der Waals surface area contributed by atoms with Gasteiger partial charge in [0, 0.05) is 22.8 Å². The molecule has 2 unspecified atom stereocenters. The van der Waals surface area contributed by atoms with Gasteiger partial charge in [-0.25, -0.2) is 0 Å². The highest BCUT2D eigenvalue weighted by Crippen LogP contribution is 2.32. The second kappa shape index (κ2) is 5.50. The van der Waals surface area contributed by atoms with Crippen molar-refractivity contribution >= 4 is 22.9 Å². The molecule has 2 heterocycles. The van der Waals surface area contributed by atoms with E-state index in [9.17, 15) is 0 Å². The SMILES string of the molecule is CC1CCCCN1C(CN)c1cc(Cl)cs1. The van der Waals surface area contributed by atoms with Crippen LogP contribution in [0.1, 0.15) is 37.1 Å². The zero-order valence-corrected chi connectivity index (χ0v) is 11.2. The second-order valence-electron chi connectivity index (χ2n) is 4.50. The normalized spacial score (nSPS) is 24.6. The van der Waals surface area contributed by atoms with Crippen LogP contribution in [0, 0.1) is 0 Å². The first-order valence-electron chi connectivity index (χ1n) is 5.92. The van der Waals surface area contributed by atoms with Gasteiger partial charge in [0.05, 0.1) is 11.1 Å². The number of nitrogens with two attached hydrogens (primary N) is 1. The molecular weight excluding hydrogens is 240 g/mol. The molecular formula is C12H19ClN2S. The van der Waals surface area contributed by atoms with Gasteiger partial charge in [-0.15, -0.1) is 11.3 Å². The molecule has 2 N–H and O–H groups in total. The highest BCUT2D eigenvalue weighted by Gasteiger charge is 2.27. The van der Waals surface area contributed by atoms with Crippen molar-refractivity contribution in [1.82, 2.24) is 4.90 Å². The summed E-state index contributed by atoms with van der Waals surface area (Å²) in [6, 6.07) is 3.06. The predicted molar refractivity (Wildman–Crippen MR) is 71.1 cm³/mol. The molecule has 1 saturated heterocycles. The minimum absolute atomic E-state index is 0.354. The number of nitrogens with zero attached hydrogens (tertiary/aromatic N) is 1. The Kier molecular flexibility index (Phi) is 4.25. The van der Waals surface area contributed by atoms with Gasteiger partial charge in [-0.05, 0) is 32.4 Å². The van der Waals surface area contributed by atoms with Crippen LogP contribution in [-0.2, 0) is 0 Å². The first-order valence-corrected chi connectivity index (χ1v) is 7.18. The van der Waals surface area contributed by atoms with Crippen molar-refractivity contribution in [2.45, 2.75) is 38.3 Å². The van der Waals surface area contributed by atoms with Gasteiger partial charge in [-0.2, -0.15) is 0 Å². The molecule has 0 bridgehead atoms. The van der Waals surface area contributed by atoms with E-state index in [1.807, 2.05) is 5.38 Å². The molecule has 2 nitrogen and oxygen atoms in total. The fourth-order valence-corrected chi connectivity index (χ4v) is 3.72. The highest BCUT2D eigenvalue weighted by molar-refractivity contribution is 7.10. The summed E-state index contributed by atoms with van der Waals surface area (Å²) < 4.78 is 0.